The highest BCUT2D eigenvalue weighted by Crippen LogP contribution is 2.31. The van der Waals surface area contributed by atoms with Crippen LogP contribution in [0.2, 0.25) is 0 Å². The molecule has 0 radical (unpaired) electrons. The molecule has 0 bridgehead atoms. The lowest BCUT2D eigenvalue weighted by Gasteiger charge is -2.28. The molecule has 0 spiro atoms. The van der Waals surface area contributed by atoms with Crippen molar-refractivity contribution in [1.82, 2.24) is 10.2 Å². The fourth-order valence-electron chi connectivity index (χ4n) is 2.54. The Bertz CT molecular complexity index is 434. The average molecular weight is 297 g/mol. The smallest absolute Gasteiger partial charge is 0.237 e. The zero-order valence-corrected chi connectivity index (χ0v) is 13.5. The van der Waals surface area contributed by atoms with E-state index in [0.717, 1.165) is 6.42 Å². The molecule has 120 valence electrons. The highest BCUT2D eigenvalue weighted by molar-refractivity contribution is 6.05. The molecule has 6 nitrogen and oxygen atoms in total. The zero-order chi connectivity index (χ0) is 16.3. The zero-order valence-electron chi connectivity index (χ0n) is 13.5. The van der Waals surface area contributed by atoms with Gasteiger partial charge in [-0.2, -0.15) is 0 Å². The fourth-order valence-corrected chi connectivity index (χ4v) is 2.54. The van der Waals surface area contributed by atoms with Crippen LogP contribution in [0, 0.1) is 5.41 Å². The number of imide groups is 1. The van der Waals surface area contributed by atoms with Crippen molar-refractivity contribution < 1.29 is 14.4 Å². The van der Waals surface area contributed by atoms with E-state index in [0.29, 0.717) is 25.9 Å². The van der Waals surface area contributed by atoms with Crippen LogP contribution in [0.25, 0.3) is 0 Å². The third-order valence-corrected chi connectivity index (χ3v) is 4.09. The molecule has 1 aliphatic heterocycles. The molecule has 1 saturated heterocycles. The van der Waals surface area contributed by atoms with E-state index >= 15 is 0 Å². The molecule has 0 aromatic carbocycles. The summed E-state index contributed by atoms with van der Waals surface area (Å²) in [7, 11) is 0. The van der Waals surface area contributed by atoms with E-state index in [9.17, 15) is 14.4 Å². The van der Waals surface area contributed by atoms with Crippen molar-refractivity contribution in [1.29, 1.82) is 0 Å². The summed E-state index contributed by atoms with van der Waals surface area (Å²) >= 11 is 0. The van der Waals surface area contributed by atoms with Crippen molar-refractivity contribution in [3.05, 3.63) is 0 Å². The van der Waals surface area contributed by atoms with Crippen LogP contribution in [0.4, 0.5) is 0 Å². The predicted octanol–water partition coefficient (Wildman–Crippen LogP) is 0.795. The van der Waals surface area contributed by atoms with Gasteiger partial charge < -0.3 is 11.1 Å². The minimum absolute atomic E-state index is 0.130. The van der Waals surface area contributed by atoms with Gasteiger partial charge in [-0.3, -0.25) is 19.3 Å². The summed E-state index contributed by atoms with van der Waals surface area (Å²) in [4.78, 5) is 36.9. The van der Waals surface area contributed by atoms with Crippen molar-refractivity contribution in [2.45, 2.75) is 58.9 Å². The van der Waals surface area contributed by atoms with E-state index in [1.165, 1.54) is 4.90 Å². The minimum Gasteiger partial charge on any atom is -0.368 e. The fraction of sp³-hybridized carbons (Fsp3) is 0.800. The van der Waals surface area contributed by atoms with Gasteiger partial charge in [0.15, 0.2) is 0 Å². The Kier molecular flexibility index (Phi) is 5.50. The molecule has 1 atom stereocenters. The Labute approximate surface area is 126 Å². The Morgan fingerprint density at radius 1 is 1.43 bits per heavy atom. The average Bonchev–Trinajstić information content (AvgIpc) is 2.58. The SMILES string of the molecule is CCCNC(C)(CCCN1C(=O)CC(C)(C)C1=O)C(N)=O. The number of amides is 3. The number of likely N-dealkylation sites (tertiary alicyclic amines) is 1. The van der Waals surface area contributed by atoms with Gasteiger partial charge in [-0.1, -0.05) is 20.8 Å². The van der Waals surface area contributed by atoms with Gasteiger partial charge in [-0.25, -0.2) is 0 Å². The van der Waals surface area contributed by atoms with Crippen LogP contribution in [-0.4, -0.2) is 41.2 Å². The quantitative estimate of drug-likeness (QED) is 0.648. The van der Waals surface area contributed by atoms with Crippen molar-refractivity contribution in [2.75, 3.05) is 13.1 Å². The van der Waals surface area contributed by atoms with Gasteiger partial charge in [0, 0.05) is 13.0 Å². The third kappa shape index (κ3) is 4.03. The van der Waals surface area contributed by atoms with Crippen LogP contribution in [0.5, 0.6) is 0 Å². The number of carbonyl (C=O) groups excluding carboxylic acids is 3. The van der Waals surface area contributed by atoms with Crippen molar-refractivity contribution in [2.24, 2.45) is 11.1 Å². The normalized spacial score (nSPS) is 20.7. The molecule has 21 heavy (non-hydrogen) atoms. The molecule has 1 heterocycles. The predicted molar refractivity (Wildman–Crippen MR) is 80.2 cm³/mol. The highest BCUT2D eigenvalue weighted by Gasteiger charge is 2.44. The van der Waals surface area contributed by atoms with Gasteiger partial charge in [0.2, 0.25) is 17.7 Å². The molecular formula is C15H27N3O3. The first-order valence-corrected chi connectivity index (χ1v) is 7.54. The molecule has 0 aromatic heterocycles. The molecule has 0 aromatic rings. The summed E-state index contributed by atoms with van der Waals surface area (Å²) in [5.41, 5.74) is 4.05. The summed E-state index contributed by atoms with van der Waals surface area (Å²) in [5.74, 6) is -0.669. The first kappa shape index (κ1) is 17.6. The van der Waals surface area contributed by atoms with Gasteiger partial charge in [0.25, 0.3) is 0 Å². The topological polar surface area (TPSA) is 92.5 Å². The van der Waals surface area contributed by atoms with E-state index < -0.39 is 16.9 Å². The molecule has 1 fully saturated rings. The molecular weight excluding hydrogens is 270 g/mol. The standard InChI is InChI=1S/C15H27N3O3/c1-5-8-17-15(4,12(16)20)7-6-9-18-11(19)10-14(2,3)13(18)21/h17H,5-10H2,1-4H3,(H2,16,20). The van der Waals surface area contributed by atoms with Gasteiger partial charge in [-0.05, 0) is 32.7 Å². The number of hydrogen-bond donors (Lipinski definition) is 2. The second-order valence-electron chi connectivity index (χ2n) is 6.64. The van der Waals surface area contributed by atoms with Crippen LogP contribution >= 0.6 is 0 Å². The van der Waals surface area contributed by atoms with Gasteiger partial charge in [0.05, 0.1) is 11.0 Å². The molecule has 0 saturated carbocycles. The number of primary amides is 1. The lowest BCUT2D eigenvalue weighted by atomic mass is 9.92. The molecule has 3 N–H and O–H groups in total. The van der Waals surface area contributed by atoms with E-state index in [2.05, 4.69) is 5.32 Å². The molecule has 1 unspecified atom stereocenters. The first-order chi connectivity index (χ1) is 9.64. The van der Waals surface area contributed by atoms with Gasteiger partial charge in [-0.15, -0.1) is 0 Å². The monoisotopic (exact) mass is 297 g/mol. The maximum absolute atomic E-state index is 12.1. The maximum atomic E-state index is 12.1. The van der Waals surface area contributed by atoms with Crippen LogP contribution < -0.4 is 11.1 Å². The third-order valence-electron chi connectivity index (χ3n) is 4.09. The molecule has 3 amide bonds. The van der Waals surface area contributed by atoms with E-state index in [-0.39, 0.29) is 18.2 Å². The molecule has 6 heteroatoms. The number of nitrogens with zero attached hydrogens (tertiary/aromatic N) is 1. The van der Waals surface area contributed by atoms with Crippen molar-refractivity contribution >= 4 is 17.7 Å². The summed E-state index contributed by atoms with van der Waals surface area (Å²) in [6.45, 7) is 8.39. The summed E-state index contributed by atoms with van der Waals surface area (Å²) in [6, 6.07) is 0. The Balaban J connectivity index is 2.57. The second kappa shape index (κ2) is 6.56. The molecule has 1 aliphatic rings. The summed E-state index contributed by atoms with van der Waals surface area (Å²) in [6.07, 6.45) is 2.22. The van der Waals surface area contributed by atoms with Crippen LogP contribution in [0.3, 0.4) is 0 Å². The molecule has 0 aliphatic carbocycles. The Morgan fingerprint density at radius 3 is 2.48 bits per heavy atom. The van der Waals surface area contributed by atoms with E-state index in [1.807, 2.05) is 6.92 Å². The number of nitrogens with two attached hydrogens (primary N) is 1. The number of carbonyl (C=O) groups is 3. The first-order valence-electron chi connectivity index (χ1n) is 7.54. The highest BCUT2D eigenvalue weighted by atomic mass is 16.2. The van der Waals surface area contributed by atoms with Crippen molar-refractivity contribution in [3.63, 3.8) is 0 Å². The summed E-state index contributed by atoms with van der Waals surface area (Å²) in [5, 5.41) is 3.15. The van der Waals surface area contributed by atoms with E-state index in [1.54, 1.807) is 20.8 Å². The number of hydrogen-bond acceptors (Lipinski definition) is 4. The largest absolute Gasteiger partial charge is 0.368 e. The van der Waals surface area contributed by atoms with Crippen LogP contribution in [0.1, 0.15) is 53.4 Å². The minimum atomic E-state index is -0.794. The lowest BCUT2D eigenvalue weighted by Crippen LogP contribution is -2.53. The number of nitrogens with one attached hydrogen (secondary N) is 1. The number of rotatable bonds is 8. The molecule has 1 rings (SSSR count). The Hall–Kier alpha value is -1.43. The van der Waals surface area contributed by atoms with Crippen LogP contribution in [0.15, 0.2) is 0 Å². The lowest BCUT2D eigenvalue weighted by molar-refractivity contribution is -0.140. The van der Waals surface area contributed by atoms with Gasteiger partial charge >= 0.3 is 0 Å². The maximum Gasteiger partial charge on any atom is 0.237 e. The van der Waals surface area contributed by atoms with Crippen LogP contribution in [-0.2, 0) is 14.4 Å². The summed E-state index contributed by atoms with van der Waals surface area (Å²) < 4.78 is 0. The van der Waals surface area contributed by atoms with E-state index in [4.69, 9.17) is 5.73 Å². The van der Waals surface area contributed by atoms with Gasteiger partial charge in [0.1, 0.15) is 0 Å². The second-order valence-corrected chi connectivity index (χ2v) is 6.64. The van der Waals surface area contributed by atoms with Crippen molar-refractivity contribution in [3.8, 4) is 0 Å². The Morgan fingerprint density at radius 2 is 2.05 bits per heavy atom.